The van der Waals surface area contributed by atoms with Gasteiger partial charge in [0, 0.05) is 18.4 Å². The molecule has 2 aromatic carbocycles. The lowest BCUT2D eigenvalue weighted by molar-refractivity contribution is -0.128. The number of ketones is 1. The Morgan fingerprint density at radius 1 is 0.889 bits per heavy atom. The first-order chi connectivity index (χ1) is 17.5. The molecule has 36 heavy (non-hydrogen) atoms. The van der Waals surface area contributed by atoms with Crippen molar-refractivity contribution >= 4 is 39.7 Å². The number of amides is 2. The molecule has 1 saturated carbocycles. The molecule has 0 spiro atoms. The average Bonchev–Trinajstić information content (AvgIpc) is 3.53. The lowest BCUT2D eigenvalue weighted by Crippen LogP contribution is -2.59. The van der Waals surface area contributed by atoms with Crippen LogP contribution in [0.3, 0.4) is 0 Å². The number of unbranched alkanes of at least 4 members (excludes halogenated alkanes) is 1. The molecule has 2 aromatic heterocycles. The summed E-state index contributed by atoms with van der Waals surface area (Å²) in [5, 5.41) is 6.80. The van der Waals surface area contributed by atoms with Crippen molar-refractivity contribution in [3.8, 4) is 0 Å². The van der Waals surface area contributed by atoms with Gasteiger partial charge in [0.2, 0.25) is 11.7 Å². The smallest absolute Gasteiger partial charge is 0.287 e. The number of benzene rings is 2. The highest BCUT2D eigenvalue weighted by atomic mass is 16.4. The third kappa shape index (κ3) is 5.03. The summed E-state index contributed by atoms with van der Waals surface area (Å²) in [6, 6.07) is 16.4. The standard InChI is InChI=1S/C28H29N3O5/c32-21(26-30-20-11-3-5-14-23(20)36-26)12-6-9-17-29-27(34)28(15-7-1-8-16-28)31-25(33)24-18-19-10-2-4-13-22(19)35-24/h2-5,10-11,13-14,18H,1,6-9,12,15-17H2,(H,29,34)(H,31,33). The van der Waals surface area contributed by atoms with Crippen LogP contribution in [0.4, 0.5) is 0 Å². The van der Waals surface area contributed by atoms with Gasteiger partial charge in [-0.15, -0.1) is 0 Å². The Hall–Kier alpha value is -3.94. The monoisotopic (exact) mass is 487 g/mol. The van der Waals surface area contributed by atoms with Crippen molar-refractivity contribution in [2.24, 2.45) is 0 Å². The van der Waals surface area contributed by atoms with Gasteiger partial charge in [-0.05, 0) is 49.9 Å². The van der Waals surface area contributed by atoms with E-state index in [1.54, 1.807) is 18.2 Å². The molecule has 0 radical (unpaired) electrons. The molecule has 1 aliphatic rings. The third-order valence-corrected chi connectivity index (χ3v) is 6.79. The lowest BCUT2D eigenvalue weighted by Gasteiger charge is -2.36. The highest BCUT2D eigenvalue weighted by Gasteiger charge is 2.41. The Bertz CT molecular complexity index is 1330. The molecule has 0 unspecified atom stereocenters. The first-order valence-electron chi connectivity index (χ1n) is 12.5. The van der Waals surface area contributed by atoms with Crippen LogP contribution in [-0.4, -0.2) is 34.7 Å². The molecule has 0 atom stereocenters. The fourth-order valence-corrected chi connectivity index (χ4v) is 4.82. The summed E-state index contributed by atoms with van der Waals surface area (Å²) in [6.45, 7) is 0.419. The molecule has 2 heterocycles. The number of nitrogens with zero attached hydrogens (tertiary/aromatic N) is 1. The number of furan rings is 1. The molecule has 2 amide bonds. The normalized spacial score (nSPS) is 15.1. The number of Topliss-reactive ketones (excluding diaryl/α,β-unsaturated/α-hetero) is 1. The number of hydrogen-bond acceptors (Lipinski definition) is 6. The number of fused-ring (bicyclic) bond motifs is 2. The molecular weight excluding hydrogens is 458 g/mol. The molecule has 4 aromatic rings. The van der Waals surface area contributed by atoms with Gasteiger partial charge in [-0.3, -0.25) is 14.4 Å². The summed E-state index contributed by atoms with van der Waals surface area (Å²) in [5.74, 6) is -0.398. The first-order valence-corrected chi connectivity index (χ1v) is 12.5. The van der Waals surface area contributed by atoms with E-state index >= 15 is 0 Å². The average molecular weight is 488 g/mol. The van der Waals surface area contributed by atoms with E-state index < -0.39 is 5.54 Å². The zero-order chi connectivity index (χ0) is 25.0. The molecule has 0 aliphatic heterocycles. The predicted octanol–water partition coefficient (Wildman–Crippen LogP) is 5.18. The Kier molecular flexibility index (Phi) is 6.84. The van der Waals surface area contributed by atoms with Crippen molar-refractivity contribution < 1.29 is 23.2 Å². The molecule has 8 heteroatoms. The molecule has 2 N–H and O–H groups in total. The highest BCUT2D eigenvalue weighted by Crippen LogP contribution is 2.29. The number of carbonyl (C=O) groups is 3. The molecular formula is C28H29N3O5. The van der Waals surface area contributed by atoms with Crippen LogP contribution in [0.15, 0.2) is 63.4 Å². The van der Waals surface area contributed by atoms with E-state index in [1.807, 2.05) is 36.4 Å². The Labute approximate surface area is 208 Å². The van der Waals surface area contributed by atoms with Crippen molar-refractivity contribution in [3.05, 3.63) is 66.2 Å². The van der Waals surface area contributed by atoms with Crippen LogP contribution in [0.25, 0.3) is 22.1 Å². The molecule has 1 fully saturated rings. The van der Waals surface area contributed by atoms with E-state index in [0.717, 1.165) is 24.6 Å². The minimum Gasteiger partial charge on any atom is -0.451 e. The van der Waals surface area contributed by atoms with Crippen LogP contribution in [0, 0.1) is 0 Å². The second kappa shape index (κ2) is 10.4. The van der Waals surface area contributed by atoms with Crippen molar-refractivity contribution in [1.82, 2.24) is 15.6 Å². The molecule has 186 valence electrons. The Morgan fingerprint density at radius 2 is 1.64 bits per heavy atom. The van der Waals surface area contributed by atoms with Crippen molar-refractivity contribution in [1.29, 1.82) is 0 Å². The number of carbonyl (C=O) groups excluding carboxylic acids is 3. The number of oxazole rings is 1. The number of para-hydroxylation sites is 3. The fraction of sp³-hybridized carbons (Fsp3) is 0.357. The maximum absolute atomic E-state index is 13.2. The van der Waals surface area contributed by atoms with Gasteiger partial charge in [0.1, 0.15) is 16.6 Å². The second-order valence-electron chi connectivity index (χ2n) is 9.37. The van der Waals surface area contributed by atoms with E-state index in [-0.39, 0.29) is 35.7 Å². The maximum Gasteiger partial charge on any atom is 0.287 e. The van der Waals surface area contributed by atoms with Gasteiger partial charge in [-0.1, -0.05) is 49.6 Å². The number of nitrogens with one attached hydrogen (secondary N) is 2. The van der Waals surface area contributed by atoms with Gasteiger partial charge < -0.3 is 19.5 Å². The zero-order valence-corrected chi connectivity index (χ0v) is 20.0. The predicted molar refractivity (Wildman–Crippen MR) is 135 cm³/mol. The maximum atomic E-state index is 13.2. The summed E-state index contributed by atoms with van der Waals surface area (Å²) >= 11 is 0. The SMILES string of the molecule is O=C(NC1(C(=O)NCCCCC(=O)c2nc3ccccc3o2)CCCCC1)c1cc2ccccc2o1. The van der Waals surface area contributed by atoms with Gasteiger partial charge >= 0.3 is 0 Å². The van der Waals surface area contributed by atoms with Crippen molar-refractivity contribution in [2.75, 3.05) is 6.54 Å². The topological polar surface area (TPSA) is 114 Å². The van der Waals surface area contributed by atoms with Crippen molar-refractivity contribution in [3.63, 3.8) is 0 Å². The minimum absolute atomic E-state index is 0.120. The van der Waals surface area contributed by atoms with Gasteiger partial charge in [-0.25, -0.2) is 4.98 Å². The summed E-state index contributed by atoms with van der Waals surface area (Å²) in [5.41, 5.74) is 0.936. The fourth-order valence-electron chi connectivity index (χ4n) is 4.82. The van der Waals surface area contributed by atoms with Crippen LogP contribution in [0.1, 0.15) is 72.6 Å². The molecule has 5 rings (SSSR count). The van der Waals surface area contributed by atoms with E-state index in [9.17, 15) is 14.4 Å². The highest BCUT2D eigenvalue weighted by molar-refractivity contribution is 6.00. The minimum atomic E-state index is -0.956. The third-order valence-electron chi connectivity index (χ3n) is 6.79. The van der Waals surface area contributed by atoms with E-state index in [1.165, 1.54) is 0 Å². The van der Waals surface area contributed by atoms with Gasteiger partial charge in [0.15, 0.2) is 11.3 Å². The van der Waals surface area contributed by atoms with Crippen LogP contribution < -0.4 is 10.6 Å². The summed E-state index contributed by atoms with van der Waals surface area (Å²) < 4.78 is 11.2. The largest absolute Gasteiger partial charge is 0.451 e. The van der Waals surface area contributed by atoms with E-state index in [4.69, 9.17) is 8.83 Å². The number of hydrogen-bond donors (Lipinski definition) is 2. The Balaban J connectivity index is 1.14. The molecule has 0 bridgehead atoms. The first kappa shape index (κ1) is 23.8. The number of aromatic nitrogens is 1. The van der Waals surface area contributed by atoms with E-state index in [2.05, 4.69) is 15.6 Å². The van der Waals surface area contributed by atoms with Crippen LogP contribution >= 0.6 is 0 Å². The molecule has 8 nitrogen and oxygen atoms in total. The number of rotatable bonds is 9. The molecule has 0 saturated heterocycles. The summed E-state index contributed by atoms with van der Waals surface area (Å²) in [7, 11) is 0. The zero-order valence-electron chi connectivity index (χ0n) is 20.0. The second-order valence-corrected chi connectivity index (χ2v) is 9.37. The van der Waals surface area contributed by atoms with Crippen LogP contribution in [0.2, 0.25) is 0 Å². The summed E-state index contributed by atoms with van der Waals surface area (Å²) in [6.07, 6.45) is 5.45. The molecule has 1 aliphatic carbocycles. The quantitative estimate of drug-likeness (QED) is 0.248. The van der Waals surface area contributed by atoms with Crippen LogP contribution in [-0.2, 0) is 4.79 Å². The van der Waals surface area contributed by atoms with Gasteiger partial charge in [0.25, 0.3) is 11.8 Å². The van der Waals surface area contributed by atoms with E-state index in [0.29, 0.717) is 48.9 Å². The van der Waals surface area contributed by atoms with Crippen LogP contribution in [0.5, 0.6) is 0 Å². The van der Waals surface area contributed by atoms with Gasteiger partial charge in [0.05, 0.1) is 0 Å². The van der Waals surface area contributed by atoms with Crippen molar-refractivity contribution in [2.45, 2.75) is 56.9 Å². The Morgan fingerprint density at radius 3 is 2.42 bits per heavy atom. The lowest BCUT2D eigenvalue weighted by atomic mass is 9.80. The van der Waals surface area contributed by atoms with Gasteiger partial charge in [-0.2, -0.15) is 0 Å². The summed E-state index contributed by atoms with van der Waals surface area (Å²) in [4.78, 5) is 42.9.